The van der Waals surface area contributed by atoms with Gasteiger partial charge in [-0.2, -0.15) is 0 Å². The molecule has 2 unspecified atom stereocenters. The Bertz CT molecular complexity index is 1330. The number of carboxylic acid groups (broad SMARTS) is 1. The molecular weight excluding hydrogens is 438 g/mol. The molecule has 5 nitrogen and oxygen atoms in total. The van der Waals surface area contributed by atoms with Crippen LogP contribution in [0.5, 0.6) is 11.5 Å². The Balaban J connectivity index is 1.34. The summed E-state index contributed by atoms with van der Waals surface area (Å²) in [5.74, 6) is 0.601. The molecule has 3 atom stereocenters. The van der Waals surface area contributed by atoms with Crippen LogP contribution in [0.1, 0.15) is 42.0 Å². The van der Waals surface area contributed by atoms with E-state index in [0.717, 1.165) is 23.3 Å². The lowest BCUT2D eigenvalue weighted by atomic mass is 9.84. The zero-order chi connectivity index (χ0) is 24.2. The van der Waals surface area contributed by atoms with Gasteiger partial charge in [-0.1, -0.05) is 72.8 Å². The number of para-hydroxylation sites is 1. The fraction of sp³-hybridized carbons (Fsp3) is 0.233. The third-order valence-corrected chi connectivity index (χ3v) is 6.65. The van der Waals surface area contributed by atoms with Crippen LogP contribution in [0, 0.1) is 0 Å². The first kappa shape index (κ1) is 22.9. The highest BCUT2D eigenvalue weighted by atomic mass is 16.5. The molecule has 0 amide bonds. The normalized spacial score (nSPS) is 17.9. The molecule has 0 saturated carbocycles. The molecule has 2 N–H and O–H groups in total. The Hall–Kier alpha value is -3.83. The lowest BCUT2D eigenvalue weighted by molar-refractivity contribution is -0.139. The zero-order valence-corrected chi connectivity index (χ0v) is 19.7. The average Bonchev–Trinajstić information content (AvgIpc) is 2.90. The van der Waals surface area contributed by atoms with Crippen LogP contribution in [0.2, 0.25) is 0 Å². The molecular formula is C30H29NO4. The first-order valence-corrected chi connectivity index (χ1v) is 12.0. The standard InChI is InChI=1S/C30H29NO4/c1-20(25-14-7-9-21-8-2-3-12-26(21)25)31-18-24-17-28(27-13-4-5-15-29(27)35-24)22-10-6-11-23(16-22)34-19-30(32)33/h2-16,20,24,28,31H,17-19H2,1H3,(H,32,33)/t20-,24?,28?/m1/s1. The highest BCUT2D eigenvalue weighted by Crippen LogP contribution is 2.41. The van der Waals surface area contributed by atoms with Crippen LogP contribution < -0.4 is 14.8 Å². The molecule has 0 spiro atoms. The Kier molecular flexibility index (Phi) is 6.68. The average molecular weight is 468 g/mol. The van der Waals surface area contributed by atoms with Crippen molar-refractivity contribution in [3.05, 3.63) is 108 Å². The third kappa shape index (κ3) is 5.15. The van der Waals surface area contributed by atoms with Crippen molar-refractivity contribution in [1.29, 1.82) is 0 Å². The molecule has 0 bridgehead atoms. The molecule has 178 valence electrons. The van der Waals surface area contributed by atoms with E-state index in [-0.39, 0.29) is 24.7 Å². The van der Waals surface area contributed by atoms with Crippen molar-refractivity contribution in [1.82, 2.24) is 5.32 Å². The highest BCUT2D eigenvalue weighted by molar-refractivity contribution is 5.86. The fourth-order valence-electron chi connectivity index (χ4n) is 4.95. The van der Waals surface area contributed by atoms with Gasteiger partial charge in [-0.3, -0.25) is 0 Å². The minimum atomic E-state index is -0.988. The molecule has 35 heavy (non-hydrogen) atoms. The Labute approximate surface area is 205 Å². The van der Waals surface area contributed by atoms with Crippen molar-refractivity contribution in [2.45, 2.75) is 31.4 Å². The predicted octanol–water partition coefficient (Wildman–Crippen LogP) is 5.94. The lowest BCUT2D eigenvalue weighted by Crippen LogP contribution is -2.37. The fourth-order valence-corrected chi connectivity index (χ4v) is 4.95. The van der Waals surface area contributed by atoms with E-state index in [4.69, 9.17) is 14.6 Å². The van der Waals surface area contributed by atoms with Crippen LogP contribution in [0.15, 0.2) is 91.0 Å². The number of hydrogen-bond acceptors (Lipinski definition) is 4. The summed E-state index contributed by atoms with van der Waals surface area (Å²) in [5.41, 5.74) is 3.51. The number of rotatable bonds is 8. The molecule has 5 rings (SSSR count). The molecule has 1 aliphatic rings. The summed E-state index contributed by atoms with van der Waals surface area (Å²) in [6.45, 7) is 2.55. The van der Waals surface area contributed by atoms with Gasteiger partial charge in [0.2, 0.25) is 0 Å². The summed E-state index contributed by atoms with van der Waals surface area (Å²) in [5, 5.41) is 15.2. The van der Waals surface area contributed by atoms with Gasteiger partial charge in [0, 0.05) is 24.1 Å². The first-order valence-electron chi connectivity index (χ1n) is 12.0. The number of hydrogen-bond donors (Lipinski definition) is 2. The van der Waals surface area contributed by atoms with Crippen LogP contribution in [0.25, 0.3) is 10.8 Å². The van der Waals surface area contributed by atoms with Crippen LogP contribution >= 0.6 is 0 Å². The van der Waals surface area contributed by atoms with Gasteiger partial charge in [-0.05, 0) is 53.4 Å². The molecule has 0 aromatic heterocycles. The number of carboxylic acids is 1. The maximum absolute atomic E-state index is 10.9. The molecule has 5 heteroatoms. The van der Waals surface area contributed by atoms with Crippen LogP contribution in [-0.2, 0) is 4.79 Å². The van der Waals surface area contributed by atoms with E-state index in [1.165, 1.54) is 16.3 Å². The summed E-state index contributed by atoms with van der Waals surface area (Å²) < 4.78 is 11.8. The summed E-state index contributed by atoms with van der Waals surface area (Å²) >= 11 is 0. The van der Waals surface area contributed by atoms with E-state index in [0.29, 0.717) is 12.3 Å². The molecule has 4 aromatic rings. The SMILES string of the molecule is C[C@@H](NCC1CC(c2cccc(OCC(=O)O)c2)c2ccccc2O1)c1cccc2ccccc12. The summed E-state index contributed by atoms with van der Waals surface area (Å²) in [7, 11) is 0. The van der Waals surface area contributed by atoms with E-state index in [1.807, 2.05) is 30.3 Å². The molecule has 1 heterocycles. The molecule has 1 aliphatic heterocycles. The second-order valence-corrected chi connectivity index (χ2v) is 9.02. The molecule has 0 saturated heterocycles. The quantitative estimate of drug-likeness (QED) is 0.336. The highest BCUT2D eigenvalue weighted by Gasteiger charge is 2.29. The number of nitrogens with one attached hydrogen (secondary N) is 1. The van der Waals surface area contributed by atoms with E-state index in [9.17, 15) is 4.79 Å². The van der Waals surface area contributed by atoms with Crippen molar-refractivity contribution in [2.24, 2.45) is 0 Å². The number of ether oxygens (including phenoxy) is 2. The lowest BCUT2D eigenvalue weighted by Gasteiger charge is -2.33. The summed E-state index contributed by atoms with van der Waals surface area (Å²) in [6, 6.07) is 31.0. The van der Waals surface area contributed by atoms with E-state index >= 15 is 0 Å². The number of benzene rings is 4. The van der Waals surface area contributed by atoms with Gasteiger partial charge in [-0.25, -0.2) is 4.79 Å². The predicted molar refractivity (Wildman–Crippen MR) is 137 cm³/mol. The first-order chi connectivity index (χ1) is 17.1. The van der Waals surface area contributed by atoms with Crippen molar-refractivity contribution < 1.29 is 19.4 Å². The number of fused-ring (bicyclic) bond motifs is 2. The maximum atomic E-state index is 10.9. The second-order valence-electron chi connectivity index (χ2n) is 9.02. The number of carbonyl (C=O) groups is 1. The number of aliphatic carboxylic acids is 1. The Morgan fingerprint density at radius 3 is 2.69 bits per heavy atom. The van der Waals surface area contributed by atoms with Gasteiger partial charge in [0.1, 0.15) is 17.6 Å². The van der Waals surface area contributed by atoms with Gasteiger partial charge in [-0.15, -0.1) is 0 Å². The monoisotopic (exact) mass is 467 g/mol. The Morgan fingerprint density at radius 1 is 1.03 bits per heavy atom. The topological polar surface area (TPSA) is 67.8 Å². The molecule has 0 aliphatic carbocycles. The molecule has 0 fully saturated rings. The molecule has 0 radical (unpaired) electrons. The third-order valence-electron chi connectivity index (χ3n) is 6.65. The van der Waals surface area contributed by atoms with Crippen molar-refractivity contribution in [2.75, 3.05) is 13.2 Å². The van der Waals surface area contributed by atoms with Gasteiger partial charge < -0.3 is 19.9 Å². The molecule has 4 aromatic carbocycles. The van der Waals surface area contributed by atoms with E-state index in [2.05, 4.69) is 66.8 Å². The minimum absolute atomic E-state index is 0.00378. The summed E-state index contributed by atoms with van der Waals surface area (Å²) in [6.07, 6.45) is 0.810. The van der Waals surface area contributed by atoms with Crippen molar-refractivity contribution in [3.8, 4) is 11.5 Å². The minimum Gasteiger partial charge on any atom is -0.489 e. The Morgan fingerprint density at radius 2 is 1.80 bits per heavy atom. The van der Waals surface area contributed by atoms with Gasteiger partial charge in [0.25, 0.3) is 0 Å². The van der Waals surface area contributed by atoms with Gasteiger partial charge in [0.05, 0.1) is 0 Å². The van der Waals surface area contributed by atoms with E-state index < -0.39 is 5.97 Å². The maximum Gasteiger partial charge on any atom is 0.341 e. The van der Waals surface area contributed by atoms with Crippen LogP contribution in [0.4, 0.5) is 0 Å². The zero-order valence-electron chi connectivity index (χ0n) is 19.7. The van der Waals surface area contributed by atoms with Crippen molar-refractivity contribution in [3.63, 3.8) is 0 Å². The van der Waals surface area contributed by atoms with Crippen LogP contribution in [-0.4, -0.2) is 30.3 Å². The van der Waals surface area contributed by atoms with Gasteiger partial charge >= 0.3 is 5.97 Å². The summed E-state index contributed by atoms with van der Waals surface area (Å²) in [4.78, 5) is 10.9. The van der Waals surface area contributed by atoms with Crippen LogP contribution in [0.3, 0.4) is 0 Å². The van der Waals surface area contributed by atoms with Gasteiger partial charge in [0.15, 0.2) is 6.61 Å². The van der Waals surface area contributed by atoms with E-state index in [1.54, 1.807) is 6.07 Å². The second kappa shape index (κ2) is 10.2. The smallest absolute Gasteiger partial charge is 0.341 e. The van der Waals surface area contributed by atoms with Crippen molar-refractivity contribution >= 4 is 16.7 Å². The largest absolute Gasteiger partial charge is 0.489 e.